The van der Waals surface area contributed by atoms with E-state index in [-0.39, 0.29) is 22.4 Å². The van der Waals surface area contributed by atoms with Gasteiger partial charge >= 0.3 is 0 Å². The van der Waals surface area contributed by atoms with E-state index in [4.69, 9.17) is 4.52 Å². The molecule has 2 aromatic rings. The molecule has 3 heterocycles. The Labute approximate surface area is 188 Å². The number of anilines is 2. The van der Waals surface area contributed by atoms with Gasteiger partial charge in [-0.15, -0.1) is 0 Å². The lowest BCUT2D eigenvalue weighted by molar-refractivity contribution is -0.129. The summed E-state index contributed by atoms with van der Waals surface area (Å²) in [6.07, 6.45) is 5.64. The Bertz CT molecular complexity index is 1130. The van der Waals surface area contributed by atoms with Crippen LogP contribution in [0.25, 0.3) is 11.0 Å². The minimum Gasteiger partial charge on any atom is -0.377 e. The Balaban J connectivity index is 1.53. The molecule has 1 aliphatic carbocycles. The van der Waals surface area contributed by atoms with E-state index in [0.29, 0.717) is 29.0 Å². The lowest BCUT2D eigenvalue weighted by atomic mass is 10.0. The van der Waals surface area contributed by atoms with Crippen LogP contribution in [-0.2, 0) is 14.8 Å². The van der Waals surface area contributed by atoms with Crippen molar-refractivity contribution in [3.8, 4) is 0 Å². The van der Waals surface area contributed by atoms with Crippen LogP contribution in [0.5, 0.6) is 0 Å². The number of aromatic nitrogens is 1. The van der Waals surface area contributed by atoms with E-state index in [1.165, 1.54) is 0 Å². The number of hydrogen-bond acceptors (Lipinski definition) is 7. The number of sulfonamides is 1. The molecule has 0 radical (unpaired) electrons. The monoisotopic (exact) mass is 461 g/mol. The molecule has 5 rings (SSSR count). The van der Waals surface area contributed by atoms with Gasteiger partial charge in [0.1, 0.15) is 0 Å². The van der Waals surface area contributed by atoms with Gasteiger partial charge in [0.25, 0.3) is 0 Å². The average molecular weight is 462 g/mol. The summed E-state index contributed by atoms with van der Waals surface area (Å²) in [7, 11) is -3.70. The first kappa shape index (κ1) is 21.5. The van der Waals surface area contributed by atoms with Crippen LogP contribution in [0.1, 0.15) is 52.4 Å². The normalized spacial score (nSPS) is 23.0. The Morgan fingerprint density at radius 3 is 2.62 bits per heavy atom. The van der Waals surface area contributed by atoms with Crippen LogP contribution in [0.15, 0.2) is 21.6 Å². The SMILES string of the molecule is CC(=O)N1CCCC(Nc2cc(S(=O)(=O)NC3(C)CC3)cc3c(N4CCCC4)noc23)C1. The summed E-state index contributed by atoms with van der Waals surface area (Å²) in [4.78, 5) is 16.0. The van der Waals surface area contributed by atoms with E-state index in [1.54, 1.807) is 19.1 Å². The third-order valence-corrected chi connectivity index (χ3v) is 8.47. The third-order valence-electron chi connectivity index (χ3n) is 6.85. The molecule has 3 fully saturated rings. The number of nitrogens with one attached hydrogen (secondary N) is 2. The van der Waals surface area contributed by atoms with Crippen molar-refractivity contribution in [2.75, 3.05) is 36.4 Å². The Morgan fingerprint density at radius 2 is 1.94 bits per heavy atom. The first-order valence-corrected chi connectivity index (χ1v) is 13.0. The maximum Gasteiger partial charge on any atom is 0.241 e. The summed E-state index contributed by atoms with van der Waals surface area (Å²) in [5, 5.41) is 8.49. The highest BCUT2D eigenvalue weighted by Gasteiger charge is 2.41. The van der Waals surface area contributed by atoms with Gasteiger partial charge in [0.2, 0.25) is 15.9 Å². The van der Waals surface area contributed by atoms with Crippen molar-refractivity contribution in [3.63, 3.8) is 0 Å². The molecule has 2 N–H and O–H groups in total. The topological polar surface area (TPSA) is 108 Å². The zero-order valence-corrected chi connectivity index (χ0v) is 19.5. The minimum atomic E-state index is -3.70. The fraction of sp³-hybridized carbons (Fsp3) is 0.636. The molecule has 1 amide bonds. The van der Waals surface area contributed by atoms with Crippen LogP contribution in [0.3, 0.4) is 0 Å². The van der Waals surface area contributed by atoms with Crippen molar-refractivity contribution < 1.29 is 17.7 Å². The summed E-state index contributed by atoms with van der Waals surface area (Å²) in [5.74, 6) is 0.750. The van der Waals surface area contributed by atoms with E-state index in [0.717, 1.165) is 58.2 Å². The van der Waals surface area contributed by atoms with Crippen LogP contribution in [-0.4, -0.2) is 62.1 Å². The molecule has 1 atom stereocenters. The summed E-state index contributed by atoms with van der Waals surface area (Å²) in [6, 6.07) is 3.34. The van der Waals surface area contributed by atoms with Crippen LogP contribution in [0, 0.1) is 0 Å². The highest BCUT2D eigenvalue weighted by Crippen LogP contribution is 2.39. The first-order chi connectivity index (χ1) is 15.2. The fourth-order valence-electron chi connectivity index (χ4n) is 4.70. The Morgan fingerprint density at radius 1 is 1.19 bits per heavy atom. The molecule has 1 saturated carbocycles. The number of nitrogens with zero attached hydrogens (tertiary/aromatic N) is 3. The van der Waals surface area contributed by atoms with Crippen molar-refractivity contribution >= 4 is 38.4 Å². The zero-order chi connectivity index (χ0) is 22.5. The van der Waals surface area contributed by atoms with Crippen LogP contribution >= 0.6 is 0 Å². The average Bonchev–Trinajstić information content (AvgIpc) is 3.13. The van der Waals surface area contributed by atoms with Gasteiger partial charge in [-0.05, 0) is 57.6 Å². The second-order valence-corrected chi connectivity index (χ2v) is 11.3. The molecule has 1 unspecified atom stereocenters. The van der Waals surface area contributed by atoms with Crippen molar-refractivity contribution in [1.82, 2.24) is 14.8 Å². The molecule has 2 aliphatic heterocycles. The number of amides is 1. The first-order valence-electron chi connectivity index (χ1n) is 11.5. The van der Waals surface area contributed by atoms with Crippen molar-refractivity contribution in [1.29, 1.82) is 0 Å². The largest absolute Gasteiger partial charge is 0.377 e. The van der Waals surface area contributed by atoms with E-state index < -0.39 is 10.0 Å². The lowest BCUT2D eigenvalue weighted by Crippen LogP contribution is -2.44. The highest BCUT2D eigenvalue weighted by atomic mass is 32.2. The van der Waals surface area contributed by atoms with Gasteiger partial charge in [0, 0.05) is 44.7 Å². The second kappa shape index (κ2) is 7.91. The van der Waals surface area contributed by atoms with Gasteiger partial charge in [-0.25, -0.2) is 13.1 Å². The van der Waals surface area contributed by atoms with E-state index in [2.05, 4.69) is 20.1 Å². The molecule has 3 aliphatic rings. The second-order valence-electron chi connectivity index (χ2n) is 9.66. The maximum atomic E-state index is 13.2. The lowest BCUT2D eigenvalue weighted by Gasteiger charge is -2.33. The number of carbonyl (C=O) groups excluding carboxylic acids is 1. The molecule has 2 saturated heterocycles. The molecule has 1 aromatic heterocycles. The zero-order valence-electron chi connectivity index (χ0n) is 18.7. The van der Waals surface area contributed by atoms with Gasteiger partial charge in [-0.1, -0.05) is 5.16 Å². The summed E-state index contributed by atoms with van der Waals surface area (Å²) in [6.45, 7) is 6.60. The van der Waals surface area contributed by atoms with Crippen LogP contribution in [0.2, 0.25) is 0 Å². The van der Waals surface area contributed by atoms with Crippen molar-refractivity contribution in [2.45, 2.75) is 68.8 Å². The predicted molar refractivity (Wildman–Crippen MR) is 122 cm³/mol. The number of piperidine rings is 1. The number of hydrogen-bond donors (Lipinski definition) is 2. The molecule has 0 spiro atoms. The Hall–Kier alpha value is -2.33. The summed E-state index contributed by atoms with van der Waals surface area (Å²) < 4.78 is 35.0. The van der Waals surface area contributed by atoms with E-state index >= 15 is 0 Å². The van der Waals surface area contributed by atoms with Crippen molar-refractivity contribution in [2.24, 2.45) is 0 Å². The smallest absolute Gasteiger partial charge is 0.241 e. The number of likely N-dealkylation sites (tertiary alicyclic amines) is 1. The van der Waals surface area contributed by atoms with E-state index in [9.17, 15) is 13.2 Å². The van der Waals surface area contributed by atoms with Gasteiger partial charge in [0.15, 0.2) is 11.4 Å². The van der Waals surface area contributed by atoms with Crippen molar-refractivity contribution in [3.05, 3.63) is 12.1 Å². The molecular weight excluding hydrogens is 430 g/mol. The molecule has 1 aromatic carbocycles. The third kappa shape index (κ3) is 4.17. The number of fused-ring (bicyclic) bond motifs is 1. The van der Waals surface area contributed by atoms with Gasteiger partial charge < -0.3 is 19.6 Å². The highest BCUT2D eigenvalue weighted by molar-refractivity contribution is 7.89. The van der Waals surface area contributed by atoms with Gasteiger partial charge in [0.05, 0.1) is 16.0 Å². The van der Waals surface area contributed by atoms with Gasteiger partial charge in [-0.3, -0.25) is 4.79 Å². The molecule has 0 bridgehead atoms. The Kier molecular flexibility index (Phi) is 5.32. The standard InChI is InChI=1S/C22H31N5O4S/c1-15(28)27-11-5-6-16(14-27)23-19-13-17(32(29,30)25-22(2)7-8-22)12-18-20(19)31-24-21(18)26-9-3-4-10-26/h12-13,16,23,25H,3-11,14H2,1-2H3. The molecule has 32 heavy (non-hydrogen) atoms. The van der Waals surface area contributed by atoms with Gasteiger partial charge in [-0.2, -0.15) is 0 Å². The molecule has 10 heteroatoms. The van der Waals surface area contributed by atoms with E-state index in [1.807, 2.05) is 11.8 Å². The number of rotatable bonds is 6. The predicted octanol–water partition coefficient (Wildman–Crippen LogP) is 2.68. The fourth-order valence-corrected chi connectivity index (χ4v) is 6.21. The van der Waals surface area contributed by atoms with Crippen LogP contribution in [0.4, 0.5) is 11.5 Å². The molecule has 9 nitrogen and oxygen atoms in total. The maximum absolute atomic E-state index is 13.2. The summed E-state index contributed by atoms with van der Waals surface area (Å²) in [5.41, 5.74) is 0.805. The molecular formula is C22H31N5O4S. The number of carbonyl (C=O) groups is 1. The number of benzene rings is 1. The minimum absolute atomic E-state index is 0.0167. The quantitative estimate of drug-likeness (QED) is 0.681. The summed E-state index contributed by atoms with van der Waals surface area (Å²) >= 11 is 0. The van der Waals surface area contributed by atoms with Crippen LogP contribution < -0.4 is 14.9 Å². The molecule has 174 valence electrons.